The molecule has 2 aliphatic rings. The van der Waals surface area contributed by atoms with Crippen LogP contribution in [0.2, 0.25) is 0 Å². The van der Waals surface area contributed by atoms with Crippen LogP contribution in [-0.4, -0.2) is 130 Å². The number of carbonyl (C=O) groups is 6. The van der Waals surface area contributed by atoms with Gasteiger partial charge < -0.3 is 58.5 Å². The van der Waals surface area contributed by atoms with Crippen molar-refractivity contribution in [2.75, 3.05) is 32.7 Å². The van der Waals surface area contributed by atoms with E-state index in [4.69, 9.17) is 17.2 Å². The number of nitrogens with two attached hydrogens (primary N) is 3. The van der Waals surface area contributed by atoms with Crippen LogP contribution in [0.15, 0.2) is 34.3 Å². The average molecular weight is 842 g/mol. The van der Waals surface area contributed by atoms with Gasteiger partial charge in [0.15, 0.2) is 11.9 Å². The Bertz CT molecular complexity index is 1710. The molecule has 12 N–H and O–H groups in total. The smallest absolute Gasteiger partial charge is 0.326 e. The molecule has 19 nitrogen and oxygen atoms in total. The van der Waals surface area contributed by atoms with E-state index in [1.165, 1.54) is 17.0 Å². The Hall–Kier alpha value is -5.62. The lowest BCUT2D eigenvalue weighted by atomic mass is 9.85. The molecule has 334 valence electrons. The number of amides is 5. The molecule has 0 spiro atoms. The summed E-state index contributed by atoms with van der Waals surface area (Å²) in [7, 11) is 0. The fourth-order valence-corrected chi connectivity index (χ4v) is 7.23. The summed E-state index contributed by atoms with van der Waals surface area (Å²) in [5.74, 6) is -4.09. The second kappa shape index (κ2) is 22.7. The SMILES string of the molecule is CC(C)C[C@H](NC(=O)[C@@H](NC(=O)[C@H](Cc1ccc(O)cc1)NC(=O)[C@@H]1CCCN1C(=O)[C@H](CCCN=C(N)N)NC(=O)[C@@H](C)CCCN1CCN=C1N)C(C)(C)C)C(=O)O. The number of likely N-dealkylation sites (tertiary alicyclic amines) is 1. The first-order valence-corrected chi connectivity index (χ1v) is 20.8. The van der Waals surface area contributed by atoms with E-state index in [9.17, 15) is 39.0 Å². The molecule has 1 saturated heterocycles. The van der Waals surface area contributed by atoms with Crippen molar-refractivity contribution in [3.05, 3.63) is 29.8 Å². The normalized spacial score (nSPS) is 17.8. The van der Waals surface area contributed by atoms with E-state index in [0.29, 0.717) is 56.7 Å². The van der Waals surface area contributed by atoms with Gasteiger partial charge in [0.2, 0.25) is 29.5 Å². The number of aliphatic imine (C=N–C) groups is 2. The van der Waals surface area contributed by atoms with Crippen LogP contribution in [0.3, 0.4) is 0 Å². The second-order valence-electron chi connectivity index (χ2n) is 17.2. The monoisotopic (exact) mass is 842 g/mol. The summed E-state index contributed by atoms with van der Waals surface area (Å²) in [6, 6.07) is 0.472. The minimum atomic E-state index is -1.25. The fourth-order valence-electron chi connectivity index (χ4n) is 7.23. The number of phenols is 1. The number of aromatic hydroxyl groups is 1. The van der Waals surface area contributed by atoms with Crippen molar-refractivity contribution in [3.8, 4) is 5.75 Å². The molecule has 0 aromatic heterocycles. The van der Waals surface area contributed by atoms with Crippen molar-refractivity contribution >= 4 is 47.4 Å². The summed E-state index contributed by atoms with van der Waals surface area (Å²) in [5, 5.41) is 30.7. The van der Waals surface area contributed by atoms with Gasteiger partial charge in [0.25, 0.3) is 0 Å². The van der Waals surface area contributed by atoms with Gasteiger partial charge in [-0.3, -0.25) is 34.0 Å². The van der Waals surface area contributed by atoms with Crippen molar-refractivity contribution in [3.63, 3.8) is 0 Å². The van der Waals surface area contributed by atoms with Crippen molar-refractivity contribution < 1.29 is 39.0 Å². The number of rotatable bonds is 22. The molecule has 0 unspecified atom stereocenters. The number of carboxylic acid groups (broad SMARTS) is 1. The molecule has 5 amide bonds. The predicted molar refractivity (Wildman–Crippen MR) is 227 cm³/mol. The number of carboxylic acids is 1. The molecule has 6 atom stereocenters. The van der Waals surface area contributed by atoms with Gasteiger partial charge in [-0.05, 0) is 74.0 Å². The third kappa shape index (κ3) is 15.2. The largest absolute Gasteiger partial charge is 0.508 e. The zero-order valence-corrected chi connectivity index (χ0v) is 35.9. The molecule has 1 aromatic rings. The number of guanidine groups is 2. The molecule has 2 aliphatic heterocycles. The van der Waals surface area contributed by atoms with E-state index in [-0.39, 0.29) is 55.9 Å². The molecular formula is C41H67N11O8. The van der Waals surface area contributed by atoms with Crippen LogP contribution in [0, 0.1) is 17.3 Å². The third-order valence-electron chi connectivity index (χ3n) is 10.6. The topological polar surface area (TPSA) is 300 Å². The van der Waals surface area contributed by atoms with Crippen LogP contribution in [0.25, 0.3) is 0 Å². The summed E-state index contributed by atoms with van der Waals surface area (Å²) in [6.45, 7) is 13.1. The van der Waals surface area contributed by atoms with Crippen molar-refractivity contribution in [2.45, 2.75) is 123 Å². The summed E-state index contributed by atoms with van der Waals surface area (Å²) in [4.78, 5) is 93.2. The van der Waals surface area contributed by atoms with Crippen LogP contribution in [0.4, 0.5) is 0 Å². The van der Waals surface area contributed by atoms with E-state index in [1.807, 2.05) is 18.7 Å². The molecule has 0 bridgehead atoms. The molecule has 1 aromatic carbocycles. The lowest BCUT2D eigenvalue weighted by molar-refractivity contribution is -0.144. The molecule has 3 rings (SSSR count). The lowest BCUT2D eigenvalue weighted by Crippen LogP contribution is -2.61. The van der Waals surface area contributed by atoms with Crippen molar-refractivity contribution in [2.24, 2.45) is 44.4 Å². The molecule has 1 fully saturated rings. The van der Waals surface area contributed by atoms with Crippen molar-refractivity contribution in [1.82, 2.24) is 31.1 Å². The van der Waals surface area contributed by atoms with Gasteiger partial charge in [-0.2, -0.15) is 0 Å². The summed E-state index contributed by atoms with van der Waals surface area (Å²) >= 11 is 0. The Labute approximate surface area is 352 Å². The van der Waals surface area contributed by atoms with Gasteiger partial charge in [0.1, 0.15) is 36.0 Å². The Morgan fingerprint density at radius 2 is 1.55 bits per heavy atom. The third-order valence-corrected chi connectivity index (χ3v) is 10.6. The lowest BCUT2D eigenvalue weighted by Gasteiger charge is -2.33. The van der Waals surface area contributed by atoms with Gasteiger partial charge in [0, 0.05) is 38.5 Å². The predicted octanol–water partition coefficient (Wildman–Crippen LogP) is 0.142. The molecule has 0 aliphatic carbocycles. The number of nitrogens with one attached hydrogen (secondary N) is 4. The van der Waals surface area contributed by atoms with Gasteiger partial charge >= 0.3 is 5.97 Å². The van der Waals surface area contributed by atoms with E-state index in [2.05, 4.69) is 31.3 Å². The molecular weight excluding hydrogens is 775 g/mol. The number of phenolic OH excluding ortho intramolecular Hbond substituents is 1. The first kappa shape index (κ1) is 48.7. The molecule has 60 heavy (non-hydrogen) atoms. The Morgan fingerprint density at radius 1 is 0.883 bits per heavy atom. The minimum Gasteiger partial charge on any atom is -0.508 e. The number of aliphatic carboxylic acids is 1. The van der Waals surface area contributed by atoms with Crippen LogP contribution < -0.4 is 38.5 Å². The standard InChI is InChI=1S/C41H67N11O8/c1-24(2)22-30(38(59)60)49-36(57)32(41(4,5)6)50-34(55)29(23-26-13-15-27(53)16-14-26)48-35(56)31-12-9-20-52(31)37(58)28(11-7-17-45-39(42)43)47-33(54)25(3)10-8-19-51-21-18-46-40(51)44/h13-16,24-25,28-32,53H,7-12,17-23H2,1-6H3,(H2,44,46)(H,47,54)(H,48,56)(H,49,57)(H,50,55)(H,59,60)(H4,42,43,45)/t25-,28-,29-,30-,31-,32+/m0/s1. The maximum atomic E-state index is 14.3. The quantitative estimate of drug-likeness (QED) is 0.0428. The summed E-state index contributed by atoms with van der Waals surface area (Å²) in [5.41, 5.74) is 16.6. The molecule has 19 heteroatoms. The minimum absolute atomic E-state index is 0.000623. The van der Waals surface area contributed by atoms with Gasteiger partial charge in [0.05, 0.1) is 6.54 Å². The first-order chi connectivity index (χ1) is 28.2. The van der Waals surface area contributed by atoms with Crippen LogP contribution in [0.5, 0.6) is 5.75 Å². The Morgan fingerprint density at radius 3 is 2.13 bits per heavy atom. The highest BCUT2D eigenvalue weighted by Crippen LogP contribution is 2.23. The average Bonchev–Trinajstić information content (AvgIpc) is 3.83. The zero-order valence-electron chi connectivity index (χ0n) is 35.9. The highest BCUT2D eigenvalue weighted by molar-refractivity contribution is 5.96. The number of nitrogens with zero attached hydrogens (tertiary/aromatic N) is 4. The summed E-state index contributed by atoms with van der Waals surface area (Å²) in [6.07, 6.45) is 2.69. The molecule has 0 saturated carbocycles. The van der Waals surface area contributed by atoms with Crippen LogP contribution in [-0.2, 0) is 35.2 Å². The highest BCUT2D eigenvalue weighted by Gasteiger charge is 2.41. The number of hydrogen-bond donors (Lipinski definition) is 9. The van der Waals surface area contributed by atoms with E-state index >= 15 is 0 Å². The zero-order chi connectivity index (χ0) is 44.7. The fraction of sp³-hybridized carbons (Fsp3) is 0.659. The second-order valence-corrected chi connectivity index (χ2v) is 17.2. The Balaban J connectivity index is 1.82. The van der Waals surface area contributed by atoms with Gasteiger partial charge in [-0.1, -0.05) is 53.7 Å². The highest BCUT2D eigenvalue weighted by atomic mass is 16.4. The number of hydrogen-bond acceptors (Lipinski definition) is 11. The first-order valence-electron chi connectivity index (χ1n) is 20.8. The van der Waals surface area contributed by atoms with Crippen LogP contribution >= 0.6 is 0 Å². The maximum Gasteiger partial charge on any atom is 0.326 e. The van der Waals surface area contributed by atoms with Crippen molar-refractivity contribution in [1.29, 1.82) is 0 Å². The van der Waals surface area contributed by atoms with E-state index in [0.717, 1.165) is 6.54 Å². The van der Waals surface area contributed by atoms with Gasteiger partial charge in [-0.15, -0.1) is 0 Å². The van der Waals surface area contributed by atoms with E-state index < -0.39 is 71.1 Å². The number of carbonyl (C=O) groups excluding carboxylic acids is 5. The van der Waals surface area contributed by atoms with E-state index in [1.54, 1.807) is 39.8 Å². The van der Waals surface area contributed by atoms with Gasteiger partial charge in [-0.25, -0.2) is 4.79 Å². The Kier molecular flexibility index (Phi) is 18.4. The maximum absolute atomic E-state index is 14.3. The molecule has 2 heterocycles. The molecule has 0 radical (unpaired) electrons. The van der Waals surface area contributed by atoms with Crippen LogP contribution in [0.1, 0.15) is 92.1 Å². The number of benzene rings is 1. The summed E-state index contributed by atoms with van der Waals surface area (Å²) < 4.78 is 0.